The van der Waals surface area contributed by atoms with Crippen molar-refractivity contribution in [1.82, 2.24) is 19.0 Å². The Morgan fingerprint density at radius 3 is 2.57 bits per heavy atom. The van der Waals surface area contributed by atoms with Crippen molar-refractivity contribution < 1.29 is 19.4 Å². The van der Waals surface area contributed by atoms with Gasteiger partial charge in [-0.3, -0.25) is 14.4 Å². The number of fused-ring (bicyclic) bond motifs is 1. The summed E-state index contributed by atoms with van der Waals surface area (Å²) < 4.78 is 9.41. The Morgan fingerprint density at radius 2 is 1.93 bits per heavy atom. The Labute approximate surface area is 253 Å². The molecule has 0 spiro atoms. The fraction of sp³-hybridized carbons (Fsp3) is 0.562. The number of likely N-dealkylation sites (tertiary alicyclic amines) is 1. The molecule has 10 heteroatoms. The summed E-state index contributed by atoms with van der Waals surface area (Å²) in [5.41, 5.74) is 4.36. The van der Waals surface area contributed by atoms with E-state index in [1.165, 1.54) is 0 Å². The molecule has 9 nitrogen and oxygen atoms in total. The monoisotopic (exact) mass is 598 g/mol. The molecular formula is C32H43ClN4O5. The number of imidazole rings is 1. The van der Waals surface area contributed by atoms with Crippen LogP contribution in [0, 0.1) is 18.8 Å². The largest absolute Gasteiger partial charge is 0.462 e. The molecular weight excluding hydrogens is 556 g/mol. The molecule has 2 aliphatic rings. The van der Waals surface area contributed by atoms with Crippen molar-refractivity contribution in [3.8, 4) is 11.4 Å². The smallest absolute Gasteiger partial charge is 0.311 e. The summed E-state index contributed by atoms with van der Waals surface area (Å²) in [6, 6.07) is 8.09. The highest BCUT2D eigenvalue weighted by Gasteiger charge is 2.30. The number of carbonyl (C=O) groups is 2. The number of aromatic nitrogens is 3. The van der Waals surface area contributed by atoms with Gasteiger partial charge in [-0.2, -0.15) is 0 Å². The van der Waals surface area contributed by atoms with Crippen LogP contribution in [-0.4, -0.2) is 61.3 Å². The van der Waals surface area contributed by atoms with Crippen LogP contribution in [0.2, 0.25) is 0 Å². The number of aryl methyl sites for hydroxylation is 3. The molecule has 5 rings (SSSR count). The maximum atomic E-state index is 12.7. The molecule has 1 aliphatic heterocycles. The van der Waals surface area contributed by atoms with Crippen molar-refractivity contribution in [2.75, 3.05) is 13.1 Å². The van der Waals surface area contributed by atoms with Crippen LogP contribution >= 0.6 is 12.4 Å². The van der Waals surface area contributed by atoms with Gasteiger partial charge in [0.15, 0.2) is 0 Å². The fourth-order valence-electron chi connectivity index (χ4n) is 6.11. The van der Waals surface area contributed by atoms with Gasteiger partial charge in [-0.25, -0.2) is 4.98 Å². The van der Waals surface area contributed by atoms with Gasteiger partial charge in [0.25, 0.3) is 5.56 Å². The summed E-state index contributed by atoms with van der Waals surface area (Å²) in [6.45, 7) is 7.33. The van der Waals surface area contributed by atoms with Crippen molar-refractivity contribution >= 4 is 35.3 Å². The molecule has 1 N–H and O–H groups in total. The van der Waals surface area contributed by atoms with E-state index in [0.29, 0.717) is 30.9 Å². The second-order valence-electron chi connectivity index (χ2n) is 12.0. The van der Waals surface area contributed by atoms with E-state index in [1.54, 1.807) is 25.5 Å². The SMILES string of the molecule is CC(=O)N1CCC[C@H](Cn2c(-c3cc(C)c(=O)n(C)c3)nc3cc(CC[C@H](C(=O)OC4CCC4)[C@@H](C)O)ccc32)C1.Cl. The van der Waals surface area contributed by atoms with Crippen LogP contribution in [-0.2, 0) is 34.3 Å². The third-order valence-corrected chi connectivity index (χ3v) is 8.80. The van der Waals surface area contributed by atoms with E-state index in [0.717, 1.165) is 73.2 Å². The lowest BCUT2D eigenvalue weighted by Gasteiger charge is -2.32. The third kappa shape index (κ3) is 6.89. The van der Waals surface area contributed by atoms with Crippen LogP contribution in [0.25, 0.3) is 22.4 Å². The number of aliphatic hydroxyl groups is 1. The lowest BCUT2D eigenvalue weighted by molar-refractivity contribution is -0.162. The third-order valence-electron chi connectivity index (χ3n) is 8.80. The van der Waals surface area contributed by atoms with Gasteiger partial charge < -0.3 is 23.9 Å². The van der Waals surface area contributed by atoms with Crippen molar-refractivity contribution in [2.45, 2.75) is 84.5 Å². The van der Waals surface area contributed by atoms with E-state index in [2.05, 4.69) is 22.8 Å². The highest BCUT2D eigenvalue weighted by atomic mass is 35.5. The molecule has 3 atom stereocenters. The zero-order valence-corrected chi connectivity index (χ0v) is 25.9. The Balaban J connectivity index is 0.00000405. The average molecular weight is 599 g/mol. The molecule has 1 aromatic carbocycles. The first-order chi connectivity index (χ1) is 19.6. The summed E-state index contributed by atoms with van der Waals surface area (Å²) >= 11 is 0. The van der Waals surface area contributed by atoms with Gasteiger partial charge in [0, 0.05) is 50.9 Å². The van der Waals surface area contributed by atoms with E-state index < -0.39 is 12.0 Å². The second-order valence-corrected chi connectivity index (χ2v) is 12.0. The minimum absolute atomic E-state index is 0. The van der Waals surface area contributed by atoms with Gasteiger partial charge in [0.1, 0.15) is 11.9 Å². The van der Waals surface area contributed by atoms with Crippen LogP contribution in [0.3, 0.4) is 0 Å². The highest BCUT2D eigenvalue weighted by molar-refractivity contribution is 5.85. The zero-order valence-electron chi connectivity index (χ0n) is 25.0. The molecule has 0 radical (unpaired) electrons. The van der Waals surface area contributed by atoms with Crippen molar-refractivity contribution in [2.24, 2.45) is 18.9 Å². The summed E-state index contributed by atoms with van der Waals surface area (Å²) in [6.07, 6.45) is 7.05. The zero-order chi connectivity index (χ0) is 29.3. The van der Waals surface area contributed by atoms with Crippen LogP contribution in [0.15, 0.2) is 35.3 Å². The standard InChI is InChI=1S/C32H42N4O5.ClH/c1-20-15-25(19-34(4)31(20)39)30-33-28-16-23(10-12-27(21(2)37)32(40)41-26-8-5-9-26)11-13-29(28)36(30)18-24-7-6-14-35(17-24)22(3)38;/h11,13,15-16,19,21,24,26-27,37H,5-10,12,14,17-18H2,1-4H3;1H/t21-,24+,27+;/m1./s1. The number of aliphatic hydroxyl groups excluding tert-OH is 1. The normalized spacial score (nSPS) is 18.7. The molecule has 42 heavy (non-hydrogen) atoms. The first-order valence-corrected chi connectivity index (χ1v) is 14.9. The Kier molecular flexibility index (Phi) is 10.1. The van der Waals surface area contributed by atoms with Crippen LogP contribution in [0.4, 0.5) is 0 Å². The number of nitrogens with zero attached hydrogens (tertiary/aromatic N) is 4. The van der Waals surface area contributed by atoms with E-state index in [1.807, 2.05) is 24.1 Å². The number of pyridine rings is 1. The number of hydrogen-bond donors (Lipinski definition) is 1. The van der Waals surface area contributed by atoms with E-state index in [4.69, 9.17) is 9.72 Å². The second kappa shape index (κ2) is 13.4. The fourth-order valence-corrected chi connectivity index (χ4v) is 6.11. The highest BCUT2D eigenvalue weighted by Crippen LogP contribution is 2.30. The molecule has 1 amide bonds. The van der Waals surface area contributed by atoms with E-state index >= 15 is 0 Å². The molecule has 3 heterocycles. The minimum Gasteiger partial charge on any atom is -0.462 e. The van der Waals surface area contributed by atoms with E-state index in [-0.39, 0.29) is 35.9 Å². The Morgan fingerprint density at radius 1 is 1.17 bits per heavy atom. The van der Waals surface area contributed by atoms with Crippen molar-refractivity contribution in [1.29, 1.82) is 0 Å². The van der Waals surface area contributed by atoms with Gasteiger partial charge >= 0.3 is 5.97 Å². The van der Waals surface area contributed by atoms with Gasteiger partial charge in [-0.05, 0) is 88.5 Å². The van der Waals surface area contributed by atoms with Crippen molar-refractivity contribution in [3.63, 3.8) is 0 Å². The van der Waals surface area contributed by atoms with Gasteiger partial charge in [0.05, 0.1) is 23.1 Å². The number of carbonyl (C=O) groups excluding carboxylic acids is 2. The molecule has 2 fully saturated rings. The van der Waals surface area contributed by atoms with Crippen LogP contribution < -0.4 is 5.56 Å². The molecule has 3 aromatic rings. The first kappa shape index (κ1) is 31.8. The topological polar surface area (TPSA) is 107 Å². The number of piperidine rings is 1. The van der Waals surface area contributed by atoms with Crippen LogP contribution in [0.1, 0.15) is 63.5 Å². The number of halogens is 1. The van der Waals surface area contributed by atoms with Crippen LogP contribution in [0.5, 0.6) is 0 Å². The molecule has 2 aromatic heterocycles. The number of esters is 1. The number of benzene rings is 1. The lowest BCUT2D eigenvalue weighted by atomic mass is 9.93. The average Bonchev–Trinajstić information content (AvgIpc) is 3.26. The number of amides is 1. The van der Waals surface area contributed by atoms with E-state index in [9.17, 15) is 19.5 Å². The van der Waals surface area contributed by atoms with Gasteiger partial charge in [0.2, 0.25) is 5.91 Å². The summed E-state index contributed by atoms with van der Waals surface area (Å²) in [7, 11) is 1.75. The number of hydrogen-bond acceptors (Lipinski definition) is 6. The minimum atomic E-state index is -0.782. The maximum Gasteiger partial charge on any atom is 0.311 e. The Bertz CT molecular complexity index is 1470. The molecule has 0 unspecified atom stereocenters. The molecule has 0 bridgehead atoms. The first-order valence-electron chi connectivity index (χ1n) is 14.9. The lowest BCUT2D eigenvalue weighted by Crippen LogP contribution is -2.39. The maximum absolute atomic E-state index is 12.7. The molecule has 1 aliphatic carbocycles. The molecule has 1 saturated carbocycles. The predicted molar refractivity (Wildman–Crippen MR) is 165 cm³/mol. The molecule has 1 saturated heterocycles. The summed E-state index contributed by atoms with van der Waals surface area (Å²) in [4.78, 5) is 44.2. The summed E-state index contributed by atoms with van der Waals surface area (Å²) in [5.74, 6) is 0.320. The summed E-state index contributed by atoms with van der Waals surface area (Å²) in [5, 5.41) is 10.3. The van der Waals surface area contributed by atoms with Gasteiger partial charge in [-0.1, -0.05) is 6.07 Å². The molecule has 228 valence electrons. The number of ether oxygens (including phenoxy) is 1. The van der Waals surface area contributed by atoms with Gasteiger partial charge in [-0.15, -0.1) is 12.4 Å². The number of rotatable bonds is 9. The Hall–Kier alpha value is -3.17. The predicted octanol–water partition coefficient (Wildman–Crippen LogP) is 4.42. The van der Waals surface area contributed by atoms with Crippen molar-refractivity contribution in [3.05, 3.63) is 51.9 Å². The quantitative estimate of drug-likeness (QED) is 0.366.